The van der Waals surface area contributed by atoms with Gasteiger partial charge in [0.25, 0.3) is 0 Å². The van der Waals surface area contributed by atoms with Crippen molar-refractivity contribution in [2.45, 2.75) is 38.5 Å². The Balaban J connectivity index is 1.93. The summed E-state index contributed by atoms with van der Waals surface area (Å²) in [6, 6.07) is 0. The quantitative estimate of drug-likeness (QED) is 0.756. The lowest BCUT2D eigenvalue weighted by molar-refractivity contribution is 0.0432. The molecule has 1 saturated carbocycles. The van der Waals surface area contributed by atoms with Crippen LogP contribution in [0.4, 0.5) is 0 Å². The lowest BCUT2D eigenvalue weighted by Crippen LogP contribution is -2.42. The summed E-state index contributed by atoms with van der Waals surface area (Å²) in [7, 11) is 2.18. The molecule has 88 valence electrons. The van der Waals surface area contributed by atoms with Gasteiger partial charge in [-0.25, -0.2) is 0 Å². The minimum atomic E-state index is 0.394. The fourth-order valence-electron chi connectivity index (χ4n) is 3.61. The van der Waals surface area contributed by atoms with Gasteiger partial charge in [0, 0.05) is 13.2 Å². The maximum absolute atomic E-state index is 9.48. The molecule has 0 radical (unpaired) electrons. The van der Waals surface area contributed by atoms with E-state index in [-0.39, 0.29) is 0 Å². The predicted octanol–water partition coefficient (Wildman–Crippen LogP) is 2.13. The third kappa shape index (κ3) is 2.73. The molecule has 1 saturated heterocycles. The minimum Gasteiger partial charge on any atom is -0.396 e. The molecule has 2 aliphatic rings. The summed E-state index contributed by atoms with van der Waals surface area (Å²) in [6.45, 7) is 2.74. The zero-order chi connectivity index (χ0) is 10.7. The van der Waals surface area contributed by atoms with Gasteiger partial charge in [-0.2, -0.15) is 0 Å². The Hall–Kier alpha value is -0.0800. The van der Waals surface area contributed by atoms with Crippen LogP contribution in [-0.2, 0) is 0 Å². The number of piperidine rings is 1. The van der Waals surface area contributed by atoms with Crippen molar-refractivity contribution in [3.05, 3.63) is 0 Å². The van der Waals surface area contributed by atoms with Crippen LogP contribution < -0.4 is 0 Å². The van der Waals surface area contributed by atoms with E-state index in [2.05, 4.69) is 11.9 Å². The number of likely N-dealkylation sites (tertiary alicyclic amines) is 1. The molecule has 1 heterocycles. The topological polar surface area (TPSA) is 23.5 Å². The summed E-state index contributed by atoms with van der Waals surface area (Å²) in [5, 5.41) is 9.48. The summed E-state index contributed by atoms with van der Waals surface area (Å²) in [5.74, 6) is 2.28. The van der Waals surface area contributed by atoms with Crippen LogP contribution >= 0.6 is 0 Å². The van der Waals surface area contributed by atoms with Crippen LogP contribution in [0, 0.1) is 17.8 Å². The molecule has 1 N–H and O–H groups in total. The fraction of sp³-hybridized carbons (Fsp3) is 1.00. The molecule has 0 spiro atoms. The first-order valence-corrected chi connectivity index (χ1v) is 6.60. The van der Waals surface area contributed by atoms with E-state index in [1.807, 2.05) is 0 Å². The van der Waals surface area contributed by atoms with E-state index in [9.17, 15) is 5.11 Å². The van der Waals surface area contributed by atoms with Crippen molar-refractivity contribution in [1.82, 2.24) is 4.90 Å². The van der Waals surface area contributed by atoms with Crippen LogP contribution in [-0.4, -0.2) is 36.8 Å². The molecule has 0 aromatic heterocycles. The molecule has 2 heteroatoms. The lowest BCUT2D eigenvalue weighted by Gasteiger charge is -2.41. The van der Waals surface area contributed by atoms with E-state index < -0.39 is 0 Å². The molecule has 0 amide bonds. The van der Waals surface area contributed by atoms with Gasteiger partial charge >= 0.3 is 0 Å². The lowest BCUT2D eigenvalue weighted by atomic mass is 9.71. The molecular weight excluding hydrogens is 186 g/mol. The van der Waals surface area contributed by atoms with Crippen LogP contribution in [0.1, 0.15) is 38.5 Å². The van der Waals surface area contributed by atoms with Gasteiger partial charge < -0.3 is 10.0 Å². The molecular formula is C13H25NO. The largest absolute Gasteiger partial charge is 0.396 e. The molecule has 2 rings (SSSR count). The number of rotatable bonds is 2. The summed E-state index contributed by atoms with van der Waals surface area (Å²) >= 11 is 0. The van der Waals surface area contributed by atoms with Gasteiger partial charge in [0.15, 0.2) is 0 Å². The third-order valence-electron chi connectivity index (χ3n) is 4.49. The molecule has 2 fully saturated rings. The van der Waals surface area contributed by atoms with Crippen molar-refractivity contribution in [1.29, 1.82) is 0 Å². The normalized spacial score (nSPS) is 35.6. The smallest absolute Gasteiger partial charge is 0.0474 e. The number of hydrogen-bond acceptors (Lipinski definition) is 2. The second kappa shape index (κ2) is 5.31. The first-order chi connectivity index (χ1) is 7.31. The Kier molecular flexibility index (Phi) is 4.04. The SMILES string of the molecule is CN1CC[C@H](C2CCCCC2)[C@H](CO)C1. The van der Waals surface area contributed by atoms with E-state index in [0.717, 1.165) is 18.4 Å². The maximum Gasteiger partial charge on any atom is 0.0474 e. The van der Waals surface area contributed by atoms with E-state index >= 15 is 0 Å². The Labute approximate surface area is 93.7 Å². The molecule has 2 nitrogen and oxygen atoms in total. The van der Waals surface area contributed by atoms with E-state index in [1.165, 1.54) is 45.1 Å². The van der Waals surface area contributed by atoms with Gasteiger partial charge in [-0.05, 0) is 37.8 Å². The Morgan fingerprint density at radius 1 is 1.13 bits per heavy atom. The highest BCUT2D eigenvalue weighted by Crippen LogP contribution is 2.37. The van der Waals surface area contributed by atoms with Crippen molar-refractivity contribution in [2.75, 3.05) is 26.7 Å². The van der Waals surface area contributed by atoms with Gasteiger partial charge in [0.1, 0.15) is 0 Å². The average molecular weight is 211 g/mol. The predicted molar refractivity (Wildman–Crippen MR) is 62.8 cm³/mol. The zero-order valence-electron chi connectivity index (χ0n) is 9.99. The van der Waals surface area contributed by atoms with Gasteiger partial charge in [-0.15, -0.1) is 0 Å². The Morgan fingerprint density at radius 2 is 1.87 bits per heavy atom. The maximum atomic E-state index is 9.48. The molecule has 15 heavy (non-hydrogen) atoms. The molecule has 1 aliphatic carbocycles. The van der Waals surface area contributed by atoms with E-state index in [1.54, 1.807) is 0 Å². The molecule has 0 aromatic rings. The van der Waals surface area contributed by atoms with Gasteiger partial charge in [0.2, 0.25) is 0 Å². The van der Waals surface area contributed by atoms with Crippen LogP contribution in [0.3, 0.4) is 0 Å². The van der Waals surface area contributed by atoms with Crippen LogP contribution in [0.25, 0.3) is 0 Å². The number of hydrogen-bond donors (Lipinski definition) is 1. The molecule has 2 atom stereocenters. The van der Waals surface area contributed by atoms with Crippen molar-refractivity contribution >= 4 is 0 Å². The number of aliphatic hydroxyl groups excluding tert-OH is 1. The van der Waals surface area contributed by atoms with Crippen molar-refractivity contribution in [3.8, 4) is 0 Å². The molecule has 0 unspecified atom stereocenters. The van der Waals surface area contributed by atoms with Crippen molar-refractivity contribution in [2.24, 2.45) is 17.8 Å². The Bertz CT molecular complexity index is 187. The second-order valence-electron chi connectivity index (χ2n) is 5.56. The monoisotopic (exact) mass is 211 g/mol. The summed E-state index contributed by atoms with van der Waals surface area (Å²) in [4.78, 5) is 2.38. The zero-order valence-corrected chi connectivity index (χ0v) is 9.99. The van der Waals surface area contributed by atoms with Gasteiger partial charge in [-0.3, -0.25) is 0 Å². The summed E-state index contributed by atoms with van der Waals surface area (Å²) in [6.07, 6.45) is 8.44. The second-order valence-corrected chi connectivity index (χ2v) is 5.56. The Morgan fingerprint density at radius 3 is 2.53 bits per heavy atom. The van der Waals surface area contributed by atoms with Gasteiger partial charge in [0.05, 0.1) is 0 Å². The first kappa shape index (κ1) is 11.4. The van der Waals surface area contributed by atoms with Crippen LogP contribution in [0.15, 0.2) is 0 Å². The van der Waals surface area contributed by atoms with Crippen LogP contribution in [0.2, 0.25) is 0 Å². The fourth-order valence-corrected chi connectivity index (χ4v) is 3.61. The number of aliphatic hydroxyl groups is 1. The number of nitrogens with zero attached hydrogens (tertiary/aromatic N) is 1. The summed E-state index contributed by atoms with van der Waals surface area (Å²) in [5.41, 5.74) is 0. The van der Waals surface area contributed by atoms with Crippen molar-refractivity contribution in [3.63, 3.8) is 0 Å². The minimum absolute atomic E-state index is 0.394. The molecule has 1 aliphatic heterocycles. The van der Waals surface area contributed by atoms with Crippen LogP contribution in [0.5, 0.6) is 0 Å². The van der Waals surface area contributed by atoms with Crippen molar-refractivity contribution < 1.29 is 5.11 Å². The third-order valence-corrected chi connectivity index (χ3v) is 4.49. The molecule has 0 bridgehead atoms. The van der Waals surface area contributed by atoms with E-state index in [0.29, 0.717) is 12.5 Å². The highest BCUT2D eigenvalue weighted by molar-refractivity contribution is 4.84. The molecule has 0 aromatic carbocycles. The summed E-state index contributed by atoms with van der Waals surface area (Å²) < 4.78 is 0. The van der Waals surface area contributed by atoms with Gasteiger partial charge in [-0.1, -0.05) is 32.1 Å². The van der Waals surface area contributed by atoms with E-state index in [4.69, 9.17) is 0 Å². The highest BCUT2D eigenvalue weighted by atomic mass is 16.3. The first-order valence-electron chi connectivity index (χ1n) is 6.60. The highest BCUT2D eigenvalue weighted by Gasteiger charge is 2.33. The average Bonchev–Trinajstić information content (AvgIpc) is 2.30. The standard InChI is InChI=1S/C13H25NO/c1-14-8-7-13(12(9-14)10-15)11-5-3-2-4-6-11/h11-13,15H,2-10H2,1H3/t12-,13+/m0/s1.